The van der Waals surface area contributed by atoms with Gasteiger partial charge >= 0.3 is 0 Å². The number of primary amides is 1. The summed E-state index contributed by atoms with van der Waals surface area (Å²) >= 11 is 0. The third-order valence-electron chi connectivity index (χ3n) is 1.43. The standard InChI is InChI=1S/C9H7N2O/c10-6-5-7-1-3-8(4-2-7)9(11)12/h1-5H,(H2,11,12). The summed E-state index contributed by atoms with van der Waals surface area (Å²) in [5, 5.41) is 8.30. The van der Waals surface area contributed by atoms with Gasteiger partial charge in [-0.2, -0.15) is 5.26 Å². The summed E-state index contributed by atoms with van der Waals surface area (Å²) in [5.74, 6) is -0.460. The van der Waals surface area contributed by atoms with Crippen LogP contribution in [0.15, 0.2) is 24.3 Å². The summed E-state index contributed by atoms with van der Waals surface area (Å²) in [7, 11) is 0. The molecule has 0 saturated heterocycles. The Kier molecular flexibility index (Phi) is 2.44. The molecule has 0 aliphatic heterocycles. The third kappa shape index (κ3) is 1.83. The number of carbonyl (C=O) groups is 1. The van der Waals surface area contributed by atoms with Gasteiger partial charge in [-0.05, 0) is 17.7 Å². The second kappa shape index (κ2) is 3.54. The molecule has 1 radical (unpaired) electrons. The van der Waals surface area contributed by atoms with Gasteiger partial charge in [0.15, 0.2) is 0 Å². The van der Waals surface area contributed by atoms with E-state index in [9.17, 15) is 4.79 Å². The van der Waals surface area contributed by atoms with Crippen molar-refractivity contribution in [1.29, 1.82) is 5.26 Å². The molecule has 1 rings (SSSR count). The molecule has 2 N–H and O–H groups in total. The van der Waals surface area contributed by atoms with Crippen LogP contribution in [0.5, 0.6) is 0 Å². The Hall–Kier alpha value is -1.82. The quantitative estimate of drug-likeness (QED) is 0.695. The van der Waals surface area contributed by atoms with Crippen molar-refractivity contribution < 1.29 is 4.79 Å². The van der Waals surface area contributed by atoms with Crippen molar-refractivity contribution >= 4 is 5.91 Å². The molecular weight excluding hydrogens is 152 g/mol. The van der Waals surface area contributed by atoms with Crippen LogP contribution in [-0.2, 0) is 0 Å². The van der Waals surface area contributed by atoms with E-state index < -0.39 is 5.91 Å². The first-order chi connectivity index (χ1) is 5.74. The first-order valence-electron chi connectivity index (χ1n) is 3.37. The lowest BCUT2D eigenvalue weighted by molar-refractivity contribution is 0.100. The maximum atomic E-state index is 10.6. The molecule has 3 nitrogen and oxygen atoms in total. The number of nitrogens with two attached hydrogens (primary N) is 1. The van der Waals surface area contributed by atoms with E-state index in [0.717, 1.165) is 5.56 Å². The molecule has 3 heteroatoms. The molecule has 12 heavy (non-hydrogen) atoms. The van der Waals surface area contributed by atoms with Gasteiger partial charge in [0.05, 0.1) is 12.5 Å². The first kappa shape index (κ1) is 8.28. The van der Waals surface area contributed by atoms with Crippen LogP contribution < -0.4 is 5.73 Å². The Morgan fingerprint density at radius 1 is 1.42 bits per heavy atom. The molecule has 1 amide bonds. The Bertz CT molecular complexity index is 321. The van der Waals surface area contributed by atoms with Gasteiger partial charge in [-0.3, -0.25) is 4.79 Å². The molecular formula is C9H7N2O. The van der Waals surface area contributed by atoms with Gasteiger partial charge < -0.3 is 5.73 Å². The SMILES string of the molecule is N#C[CH]c1ccc(C(N)=O)cc1. The zero-order valence-electron chi connectivity index (χ0n) is 6.32. The molecule has 0 bridgehead atoms. The van der Waals surface area contributed by atoms with Gasteiger partial charge in [-0.1, -0.05) is 12.1 Å². The maximum absolute atomic E-state index is 10.6. The molecule has 0 aromatic heterocycles. The molecule has 0 fully saturated rings. The van der Waals surface area contributed by atoms with Crippen LogP contribution in [0.3, 0.4) is 0 Å². The Morgan fingerprint density at radius 3 is 2.42 bits per heavy atom. The van der Waals surface area contributed by atoms with Crippen molar-refractivity contribution in [2.75, 3.05) is 0 Å². The lowest BCUT2D eigenvalue weighted by Gasteiger charge is -1.95. The zero-order chi connectivity index (χ0) is 8.97. The number of hydrogen-bond acceptors (Lipinski definition) is 2. The van der Waals surface area contributed by atoms with E-state index in [1.807, 2.05) is 6.07 Å². The van der Waals surface area contributed by atoms with Crippen molar-refractivity contribution in [2.24, 2.45) is 5.73 Å². The molecule has 0 saturated carbocycles. The molecule has 1 aromatic carbocycles. The van der Waals surface area contributed by atoms with Crippen LogP contribution in [0.4, 0.5) is 0 Å². The minimum absolute atomic E-state index is 0.449. The van der Waals surface area contributed by atoms with Gasteiger partial charge in [0.1, 0.15) is 0 Å². The lowest BCUT2D eigenvalue weighted by atomic mass is 10.1. The number of nitrogens with zero attached hydrogens (tertiary/aromatic N) is 1. The Balaban J connectivity index is 2.87. The summed E-state index contributed by atoms with van der Waals surface area (Å²) in [6.07, 6.45) is 1.39. The summed E-state index contributed by atoms with van der Waals surface area (Å²) in [5.41, 5.74) is 6.24. The van der Waals surface area contributed by atoms with Crippen molar-refractivity contribution in [1.82, 2.24) is 0 Å². The normalized spacial score (nSPS) is 8.92. The van der Waals surface area contributed by atoms with Crippen LogP contribution >= 0.6 is 0 Å². The number of nitriles is 1. The van der Waals surface area contributed by atoms with E-state index in [2.05, 4.69) is 0 Å². The highest BCUT2D eigenvalue weighted by Crippen LogP contribution is 2.04. The summed E-state index contributed by atoms with van der Waals surface area (Å²) in [4.78, 5) is 10.6. The van der Waals surface area contributed by atoms with Crippen LogP contribution in [0, 0.1) is 17.8 Å². The van der Waals surface area contributed by atoms with E-state index in [4.69, 9.17) is 11.0 Å². The average Bonchev–Trinajstić information content (AvgIpc) is 2.06. The Morgan fingerprint density at radius 2 is 2.00 bits per heavy atom. The summed E-state index contributed by atoms with van der Waals surface area (Å²) < 4.78 is 0. The topological polar surface area (TPSA) is 66.9 Å². The predicted octanol–water partition coefficient (Wildman–Crippen LogP) is 0.861. The van der Waals surface area contributed by atoms with Crippen LogP contribution in [0.2, 0.25) is 0 Å². The Labute approximate surface area is 70.4 Å². The van der Waals surface area contributed by atoms with Gasteiger partial charge in [0.2, 0.25) is 5.91 Å². The fourth-order valence-electron chi connectivity index (χ4n) is 0.818. The number of benzene rings is 1. The average molecular weight is 159 g/mol. The zero-order valence-corrected chi connectivity index (χ0v) is 6.32. The number of carbonyl (C=O) groups excluding carboxylic acids is 1. The predicted molar refractivity (Wildman–Crippen MR) is 44.0 cm³/mol. The second-order valence-corrected chi connectivity index (χ2v) is 2.26. The largest absolute Gasteiger partial charge is 0.366 e. The van der Waals surface area contributed by atoms with Crippen molar-refractivity contribution in [3.63, 3.8) is 0 Å². The fraction of sp³-hybridized carbons (Fsp3) is 0. The fourth-order valence-corrected chi connectivity index (χ4v) is 0.818. The molecule has 0 aliphatic carbocycles. The smallest absolute Gasteiger partial charge is 0.248 e. The highest BCUT2D eigenvalue weighted by molar-refractivity contribution is 5.92. The van der Waals surface area contributed by atoms with Gasteiger partial charge in [-0.25, -0.2) is 0 Å². The molecule has 0 unspecified atom stereocenters. The molecule has 0 aliphatic rings. The lowest BCUT2D eigenvalue weighted by Crippen LogP contribution is -2.10. The van der Waals surface area contributed by atoms with Gasteiger partial charge in [-0.15, -0.1) is 0 Å². The second-order valence-electron chi connectivity index (χ2n) is 2.26. The van der Waals surface area contributed by atoms with Crippen LogP contribution in [0.1, 0.15) is 15.9 Å². The minimum atomic E-state index is -0.460. The number of amides is 1. The van der Waals surface area contributed by atoms with Gasteiger partial charge in [0.25, 0.3) is 0 Å². The van der Waals surface area contributed by atoms with Crippen molar-refractivity contribution in [3.05, 3.63) is 41.8 Å². The van der Waals surface area contributed by atoms with Crippen molar-refractivity contribution in [2.45, 2.75) is 0 Å². The monoisotopic (exact) mass is 159 g/mol. The van der Waals surface area contributed by atoms with Gasteiger partial charge in [0, 0.05) is 5.56 Å². The highest BCUT2D eigenvalue weighted by atomic mass is 16.1. The molecule has 59 valence electrons. The first-order valence-corrected chi connectivity index (χ1v) is 3.37. The maximum Gasteiger partial charge on any atom is 0.248 e. The molecule has 0 atom stereocenters. The minimum Gasteiger partial charge on any atom is -0.366 e. The molecule has 0 spiro atoms. The summed E-state index contributed by atoms with van der Waals surface area (Å²) in [6, 6.07) is 8.41. The van der Waals surface area contributed by atoms with E-state index in [1.165, 1.54) is 6.42 Å². The van der Waals surface area contributed by atoms with Crippen LogP contribution in [-0.4, -0.2) is 5.91 Å². The molecule has 0 heterocycles. The van der Waals surface area contributed by atoms with Crippen molar-refractivity contribution in [3.8, 4) is 6.07 Å². The van der Waals surface area contributed by atoms with E-state index in [-0.39, 0.29) is 0 Å². The van der Waals surface area contributed by atoms with E-state index in [1.54, 1.807) is 24.3 Å². The number of rotatable bonds is 2. The highest BCUT2D eigenvalue weighted by Gasteiger charge is 1.98. The van der Waals surface area contributed by atoms with Crippen LogP contribution in [0.25, 0.3) is 0 Å². The third-order valence-corrected chi connectivity index (χ3v) is 1.43. The summed E-state index contributed by atoms with van der Waals surface area (Å²) in [6.45, 7) is 0. The van der Waals surface area contributed by atoms with E-state index >= 15 is 0 Å². The number of hydrogen-bond donors (Lipinski definition) is 1. The molecule has 1 aromatic rings. The van der Waals surface area contributed by atoms with E-state index in [0.29, 0.717) is 5.56 Å².